The predicted octanol–water partition coefficient (Wildman–Crippen LogP) is 4.85. The van der Waals surface area contributed by atoms with Crippen molar-refractivity contribution in [2.75, 3.05) is 11.9 Å². The highest BCUT2D eigenvalue weighted by Crippen LogP contribution is 2.25. The number of nitrogens with one attached hydrogen (secondary N) is 1. The molecule has 158 valence electrons. The molecule has 8 heteroatoms. The van der Waals surface area contributed by atoms with Crippen LogP contribution >= 0.6 is 11.3 Å². The van der Waals surface area contributed by atoms with E-state index in [4.69, 9.17) is 9.84 Å². The van der Waals surface area contributed by atoms with Gasteiger partial charge < -0.3 is 10.1 Å². The summed E-state index contributed by atoms with van der Waals surface area (Å²) in [5.74, 6) is 1.17. The monoisotopic (exact) mass is 441 g/mol. The number of benzene rings is 2. The molecule has 5 aromatic rings. The first kappa shape index (κ1) is 19.9. The molecule has 0 aliphatic rings. The number of para-hydroxylation sites is 1. The lowest BCUT2D eigenvalue weighted by atomic mass is 10.1. The van der Waals surface area contributed by atoms with E-state index in [0.29, 0.717) is 22.9 Å². The van der Waals surface area contributed by atoms with E-state index in [-0.39, 0.29) is 12.5 Å². The predicted molar refractivity (Wildman–Crippen MR) is 125 cm³/mol. The molecule has 0 aliphatic heterocycles. The van der Waals surface area contributed by atoms with Crippen molar-refractivity contribution in [3.8, 4) is 27.7 Å². The summed E-state index contributed by atoms with van der Waals surface area (Å²) in [5.41, 5.74) is 3.96. The molecule has 0 saturated heterocycles. The first-order valence-electron chi connectivity index (χ1n) is 10.0. The molecule has 2 aromatic carbocycles. The maximum Gasteiger partial charge on any atom is 0.262 e. The summed E-state index contributed by atoms with van der Waals surface area (Å²) in [6.45, 7) is 1.88. The Labute approximate surface area is 188 Å². The Morgan fingerprint density at radius 1 is 1.03 bits per heavy atom. The Balaban J connectivity index is 1.35. The number of thiophene rings is 1. The van der Waals surface area contributed by atoms with E-state index in [2.05, 4.69) is 15.5 Å². The number of carbonyl (C=O) groups is 1. The summed E-state index contributed by atoms with van der Waals surface area (Å²) in [4.78, 5) is 13.4. The van der Waals surface area contributed by atoms with Gasteiger partial charge >= 0.3 is 0 Å². The molecule has 0 bridgehead atoms. The minimum absolute atomic E-state index is 0.0653. The van der Waals surface area contributed by atoms with E-state index >= 15 is 0 Å². The van der Waals surface area contributed by atoms with Gasteiger partial charge in [0, 0.05) is 11.3 Å². The van der Waals surface area contributed by atoms with Gasteiger partial charge in [-0.1, -0.05) is 36.4 Å². The van der Waals surface area contributed by atoms with Gasteiger partial charge in [-0.15, -0.1) is 21.5 Å². The molecule has 0 atom stereocenters. The molecular formula is C24H19N5O2S. The average Bonchev–Trinajstić information content (AvgIpc) is 3.48. The number of hydrogen-bond acceptors (Lipinski definition) is 6. The van der Waals surface area contributed by atoms with Crippen molar-refractivity contribution in [3.05, 3.63) is 83.7 Å². The molecular weight excluding hydrogens is 422 g/mol. The Morgan fingerprint density at radius 3 is 2.78 bits per heavy atom. The minimum Gasteiger partial charge on any atom is -0.483 e. The molecule has 3 aromatic heterocycles. The van der Waals surface area contributed by atoms with E-state index in [1.54, 1.807) is 15.9 Å². The third kappa shape index (κ3) is 4.08. The summed E-state index contributed by atoms with van der Waals surface area (Å²) in [5, 5.41) is 18.1. The fourth-order valence-corrected chi connectivity index (χ4v) is 4.01. The number of rotatable bonds is 6. The van der Waals surface area contributed by atoms with Gasteiger partial charge in [0.05, 0.1) is 10.6 Å². The van der Waals surface area contributed by atoms with Gasteiger partial charge in [-0.2, -0.15) is 9.61 Å². The van der Waals surface area contributed by atoms with Gasteiger partial charge in [-0.05, 0) is 54.3 Å². The average molecular weight is 442 g/mol. The van der Waals surface area contributed by atoms with Crippen molar-refractivity contribution in [2.24, 2.45) is 0 Å². The molecule has 5 rings (SSSR count). The van der Waals surface area contributed by atoms with Crippen LogP contribution in [-0.4, -0.2) is 32.3 Å². The SMILES string of the molecule is Cc1ccccc1OCC(=O)Nc1cccc(-c2ccc3nnc(-c4cccs4)n3n2)c1. The standard InChI is InChI=1S/C24H19N5O2S/c1-16-6-2-3-9-20(16)31-15-23(30)25-18-8-4-7-17(14-18)19-11-12-22-26-27-24(29(22)28-19)21-10-5-13-32-21/h2-14H,15H2,1H3,(H,25,30). The first-order valence-corrected chi connectivity index (χ1v) is 10.9. The molecule has 1 N–H and O–H groups in total. The molecule has 0 unspecified atom stereocenters. The van der Waals surface area contributed by atoms with Gasteiger partial charge in [0.15, 0.2) is 18.1 Å². The van der Waals surface area contributed by atoms with Crippen LogP contribution in [0.25, 0.3) is 27.6 Å². The zero-order chi connectivity index (χ0) is 21.9. The van der Waals surface area contributed by atoms with Crippen LogP contribution in [0.15, 0.2) is 78.2 Å². The summed E-state index contributed by atoms with van der Waals surface area (Å²) in [6.07, 6.45) is 0. The fourth-order valence-electron chi connectivity index (χ4n) is 3.32. The van der Waals surface area contributed by atoms with Crippen molar-refractivity contribution in [2.45, 2.75) is 6.92 Å². The molecule has 32 heavy (non-hydrogen) atoms. The highest BCUT2D eigenvalue weighted by molar-refractivity contribution is 7.13. The maximum absolute atomic E-state index is 12.4. The third-order valence-electron chi connectivity index (χ3n) is 4.90. The summed E-state index contributed by atoms with van der Waals surface area (Å²) >= 11 is 1.59. The van der Waals surface area contributed by atoms with Crippen LogP contribution < -0.4 is 10.1 Å². The van der Waals surface area contributed by atoms with Crippen LogP contribution in [-0.2, 0) is 4.79 Å². The van der Waals surface area contributed by atoms with E-state index < -0.39 is 0 Å². The smallest absolute Gasteiger partial charge is 0.262 e. The molecule has 0 saturated carbocycles. The summed E-state index contributed by atoms with van der Waals surface area (Å²) in [6, 6.07) is 22.9. The molecule has 3 heterocycles. The highest BCUT2D eigenvalue weighted by atomic mass is 32.1. The number of carbonyl (C=O) groups excluding carboxylic acids is 1. The number of amides is 1. The second-order valence-corrected chi connectivity index (χ2v) is 8.12. The van der Waals surface area contributed by atoms with Gasteiger partial charge in [-0.3, -0.25) is 4.79 Å². The third-order valence-corrected chi connectivity index (χ3v) is 5.76. The van der Waals surface area contributed by atoms with Crippen molar-refractivity contribution in [1.29, 1.82) is 0 Å². The Hall–Kier alpha value is -4.04. The largest absolute Gasteiger partial charge is 0.483 e. The number of aromatic nitrogens is 4. The van der Waals surface area contributed by atoms with Crippen molar-refractivity contribution < 1.29 is 9.53 Å². The quantitative estimate of drug-likeness (QED) is 0.408. The van der Waals surface area contributed by atoms with Crippen LogP contribution in [0.1, 0.15) is 5.56 Å². The van der Waals surface area contributed by atoms with Crippen molar-refractivity contribution in [1.82, 2.24) is 19.8 Å². The summed E-state index contributed by atoms with van der Waals surface area (Å²) < 4.78 is 7.37. The number of anilines is 1. The molecule has 1 amide bonds. The second-order valence-electron chi connectivity index (χ2n) is 7.17. The normalized spacial score (nSPS) is 10.9. The van der Waals surface area contributed by atoms with Crippen LogP contribution in [0.2, 0.25) is 0 Å². The fraction of sp³-hybridized carbons (Fsp3) is 0.0833. The minimum atomic E-state index is -0.229. The van der Waals surface area contributed by atoms with E-state index in [1.807, 2.05) is 85.1 Å². The lowest BCUT2D eigenvalue weighted by molar-refractivity contribution is -0.118. The highest BCUT2D eigenvalue weighted by Gasteiger charge is 2.12. The number of ether oxygens (including phenoxy) is 1. The molecule has 0 aliphatic carbocycles. The van der Waals surface area contributed by atoms with Crippen molar-refractivity contribution >= 4 is 28.6 Å². The van der Waals surface area contributed by atoms with Gasteiger partial charge in [-0.25, -0.2) is 0 Å². The molecule has 0 fully saturated rings. The first-order chi connectivity index (χ1) is 15.7. The lowest BCUT2D eigenvalue weighted by Gasteiger charge is -2.10. The Bertz CT molecular complexity index is 1390. The molecule has 0 radical (unpaired) electrons. The molecule has 7 nitrogen and oxygen atoms in total. The van der Waals surface area contributed by atoms with E-state index in [9.17, 15) is 4.79 Å². The summed E-state index contributed by atoms with van der Waals surface area (Å²) in [7, 11) is 0. The number of hydrogen-bond donors (Lipinski definition) is 1. The van der Waals surface area contributed by atoms with Crippen molar-refractivity contribution in [3.63, 3.8) is 0 Å². The number of fused-ring (bicyclic) bond motifs is 1. The molecule has 0 spiro atoms. The van der Waals surface area contributed by atoms with Crippen LogP contribution in [0, 0.1) is 6.92 Å². The number of aryl methyl sites for hydroxylation is 1. The second kappa shape index (κ2) is 8.60. The van der Waals surface area contributed by atoms with E-state index in [1.165, 1.54) is 0 Å². The van der Waals surface area contributed by atoms with Gasteiger partial charge in [0.1, 0.15) is 5.75 Å². The Morgan fingerprint density at radius 2 is 1.94 bits per heavy atom. The van der Waals surface area contributed by atoms with Crippen LogP contribution in [0.5, 0.6) is 5.75 Å². The Kier molecular flexibility index (Phi) is 5.35. The van der Waals surface area contributed by atoms with Gasteiger partial charge in [0.25, 0.3) is 5.91 Å². The zero-order valence-corrected chi connectivity index (χ0v) is 18.0. The number of nitrogens with zero attached hydrogens (tertiary/aromatic N) is 4. The maximum atomic E-state index is 12.4. The van der Waals surface area contributed by atoms with Crippen LogP contribution in [0.3, 0.4) is 0 Å². The lowest BCUT2D eigenvalue weighted by Crippen LogP contribution is -2.20. The van der Waals surface area contributed by atoms with Crippen LogP contribution in [0.4, 0.5) is 5.69 Å². The zero-order valence-electron chi connectivity index (χ0n) is 17.2. The van der Waals surface area contributed by atoms with Gasteiger partial charge in [0.2, 0.25) is 0 Å². The van der Waals surface area contributed by atoms with E-state index in [0.717, 1.165) is 21.7 Å². The topological polar surface area (TPSA) is 81.4 Å².